The molecule has 1 aromatic heterocycles. The first-order valence-corrected chi connectivity index (χ1v) is 7.64. The summed E-state index contributed by atoms with van der Waals surface area (Å²) < 4.78 is 0. The van der Waals surface area contributed by atoms with E-state index in [1.165, 1.54) is 16.9 Å². The highest BCUT2D eigenvalue weighted by Gasteiger charge is 2.22. The van der Waals surface area contributed by atoms with E-state index in [1.54, 1.807) is 0 Å². The molecular formula is C16H20N2OS. The summed E-state index contributed by atoms with van der Waals surface area (Å²) >= 11 is 1.46. The zero-order chi connectivity index (χ0) is 14.8. The number of carbonyl (C=O) groups is 1. The summed E-state index contributed by atoms with van der Waals surface area (Å²) in [5.41, 5.74) is 2.89. The van der Waals surface area contributed by atoms with Crippen LogP contribution in [0.1, 0.15) is 33.3 Å². The van der Waals surface area contributed by atoms with Crippen LogP contribution in [0.2, 0.25) is 0 Å². The van der Waals surface area contributed by atoms with E-state index in [0.717, 1.165) is 17.7 Å². The van der Waals surface area contributed by atoms with Gasteiger partial charge in [-0.25, -0.2) is 4.98 Å². The second kappa shape index (κ2) is 5.75. The van der Waals surface area contributed by atoms with Crippen LogP contribution < -0.4 is 5.32 Å². The van der Waals surface area contributed by atoms with Crippen LogP contribution in [0.25, 0.3) is 11.3 Å². The van der Waals surface area contributed by atoms with E-state index in [0.29, 0.717) is 5.13 Å². The van der Waals surface area contributed by atoms with Gasteiger partial charge in [0, 0.05) is 16.4 Å². The summed E-state index contributed by atoms with van der Waals surface area (Å²) in [6.45, 7) is 7.80. The Kier molecular flexibility index (Phi) is 4.23. The van der Waals surface area contributed by atoms with Gasteiger partial charge in [0.2, 0.25) is 5.91 Å². The first-order valence-electron chi connectivity index (χ1n) is 6.76. The molecular weight excluding hydrogens is 268 g/mol. The van der Waals surface area contributed by atoms with E-state index >= 15 is 0 Å². The predicted molar refractivity (Wildman–Crippen MR) is 85.0 cm³/mol. The van der Waals surface area contributed by atoms with Gasteiger partial charge in [0.1, 0.15) is 0 Å². The molecule has 0 atom stereocenters. The highest BCUT2D eigenvalue weighted by atomic mass is 32.1. The molecule has 106 valence electrons. The molecule has 0 saturated heterocycles. The number of carbonyl (C=O) groups excluding carboxylic acids is 1. The molecule has 0 fully saturated rings. The third-order valence-electron chi connectivity index (χ3n) is 3.06. The highest BCUT2D eigenvalue weighted by Crippen LogP contribution is 2.26. The van der Waals surface area contributed by atoms with Crippen LogP contribution in [0.5, 0.6) is 0 Å². The van der Waals surface area contributed by atoms with Crippen LogP contribution in [-0.4, -0.2) is 10.9 Å². The number of nitrogens with zero attached hydrogens (tertiary/aromatic N) is 1. The Hall–Kier alpha value is -1.68. The van der Waals surface area contributed by atoms with Crippen molar-refractivity contribution < 1.29 is 4.79 Å². The van der Waals surface area contributed by atoms with E-state index in [-0.39, 0.29) is 5.91 Å². The lowest BCUT2D eigenvalue weighted by Crippen LogP contribution is -2.27. The normalized spacial score (nSPS) is 11.4. The SMILES string of the molecule is CCc1ccc(-c2csc(NC(=O)C(C)(C)C)n2)cc1. The summed E-state index contributed by atoms with van der Waals surface area (Å²) in [4.78, 5) is 16.4. The van der Waals surface area contributed by atoms with Gasteiger partial charge < -0.3 is 5.32 Å². The standard InChI is InChI=1S/C16H20N2OS/c1-5-11-6-8-12(9-7-11)13-10-20-15(17-13)18-14(19)16(2,3)4/h6-10H,5H2,1-4H3,(H,17,18,19). The predicted octanol–water partition coefficient (Wildman–Crippen LogP) is 4.36. The van der Waals surface area contributed by atoms with Crippen LogP contribution in [0, 0.1) is 5.41 Å². The number of hydrogen-bond acceptors (Lipinski definition) is 3. The molecule has 4 heteroatoms. The smallest absolute Gasteiger partial charge is 0.231 e. The van der Waals surface area contributed by atoms with E-state index in [1.807, 2.05) is 26.2 Å². The van der Waals surface area contributed by atoms with Gasteiger partial charge in [-0.1, -0.05) is 52.0 Å². The Balaban J connectivity index is 2.14. The van der Waals surface area contributed by atoms with Gasteiger partial charge in [0.25, 0.3) is 0 Å². The zero-order valence-electron chi connectivity index (χ0n) is 12.4. The average Bonchev–Trinajstić information content (AvgIpc) is 2.86. The first-order chi connectivity index (χ1) is 9.40. The number of nitrogens with one attached hydrogen (secondary N) is 1. The van der Waals surface area contributed by atoms with Gasteiger partial charge in [-0.2, -0.15) is 0 Å². The maximum Gasteiger partial charge on any atom is 0.231 e. The molecule has 1 heterocycles. The van der Waals surface area contributed by atoms with E-state index < -0.39 is 5.41 Å². The molecule has 0 unspecified atom stereocenters. The van der Waals surface area contributed by atoms with Crippen molar-refractivity contribution in [3.05, 3.63) is 35.2 Å². The van der Waals surface area contributed by atoms with Gasteiger partial charge in [-0.3, -0.25) is 4.79 Å². The molecule has 0 aliphatic heterocycles. The zero-order valence-corrected chi connectivity index (χ0v) is 13.2. The maximum atomic E-state index is 11.9. The Morgan fingerprint density at radius 1 is 1.25 bits per heavy atom. The quantitative estimate of drug-likeness (QED) is 0.912. The number of amides is 1. The molecule has 1 aromatic carbocycles. The molecule has 1 amide bonds. The number of hydrogen-bond donors (Lipinski definition) is 1. The molecule has 0 aliphatic rings. The van der Waals surface area contributed by atoms with Crippen molar-refractivity contribution in [2.45, 2.75) is 34.1 Å². The van der Waals surface area contributed by atoms with Crippen LogP contribution in [0.3, 0.4) is 0 Å². The second-order valence-corrected chi connectivity index (χ2v) is 6.65. The van der Waals surface area contributed by atoms with Gasteiger partial charge in [-0.15, -0.1) is 11.3 Å². The van der Waals surface area contributed by atoms with Crippen molar-refractivity contribution >= 4 is 22.4 Å². The molecule has 0 bridgehead atoms. The number of anilines is 1. The van der Waals surface area contributed by atoms with Crippen molar-refractivity contribution in [1.82, 2.24) is 4.98 Å². The fraction of sp³-hybridized carbons (Fsp3) is 0.375. The minimum atomic E-state index is -0.408. The second-order valence-electron chi connectivity index (χ2n) is 5.79. The van der Waals surface area contributed by atoms with Crippen LogP contribution >= 0.6 is 11.3 Å². The van der Waals surface area contributed by atoms with E-state index in [2.05, 4.69) is 41.5 Å². The van der Waals surface area contributed by atoms with Crippen LogP contribution in [0.15, 0.2) is 29.6 Å². The summed E-state index contributed by atoms with van der Waals surface area (Å²) in [6.07, 6.45) is 1.03. The van der Waals surface area contributed by atoms with Gasteiger partial charge in [0.05, 0.1) is 5.69 Å². The largest absolute Gasteiger partial charge is 0.302 e. The first kappa shape index (κ1) is 14.7. The molecule has 0 saturated carbocycles. The van der Waals surface area contributed by atoms with Crippen molar-refractivity contribution in [2.75, 3.05) is 5.32 Å². The molecule has 0 radical (unpaired) electrons. The lowest BCUT2D eigenvalue weighted by atomic mass is 9.96. The van der Waals surface area contributed by atoms with Gasteiger partial charge >= 0.3 is 0 Å². The molecule has 3 nitrogen and oxygen atoms in total. The minimum absolute atomic E-state index is 0.0141. The summed E-state index contributed by atoms with van der Waals surface area (Å²) in [6, 6.07) is 8.37. The van der Waals surface area contributed by atoms with Gasteiger partial charge in [-0.05, 0) is 12.0 Å². The Bertz CT molecular complexity index is 594. The van der Waals surface area contributed by atoms with Crippen molar-refractivity contribution in [3.63, 3.8) is 0 Å². The molecule has 2 aromatic rings. The Morgan fingerprint density at radius 3 is 2.45 bits per heavy atom. The minimum Gasteiger partial charge on any atom is -0.302 e. The number of benzene rings is 1. The molecule has 0 aliphatic carbocycles. The fourth-order valence-electron chi connectivity index (χ4n) is 1.66. The third-order valence-corrected chi connectivity index (χ3v) is 3.82. The Labute approximate surface area is 124 Å². The number of aryl methyl sites for hydroxylation is 1. The monoisotopic (exact) mass is 288 g/mol. The lowest BCUT2D eigenvalue weighted by Gasteiger charge is -2.15. The molecule has 1 N–H and O–H groups in total. The maximum absolute atomic E-state index is 11.9. The summed E-state index contributed by atoms with van der Waals surface area (Å²) in [5.74, 6) is -0.0141. The number of aromatic nitrogens is 1. The lowest BCUT2D eigenvalue weighted by molar-refractivity contribution is -0.123. The van der Waals surface area contributed by atoms with Crippen molar-refractivity contribution in [1.29, 1.82) is 0 Å². The Morgan fingerprint density at radius 2 is 1.90 bits per heavy atom. The van der Waals surface area contributed by atoms with Crippen LogP contribution in [0.4, 0.5) is 5.13 Å². The van der Waals surface area contributed by atoms with Crippen molar-refractivity contribution in [3.8, 4) is 11.3 Å². The number of rotatable bonds is 3. The summed E-state index contributed by atoms with van der Waals surface area (Å²) in [5, 5.41) is 5.49. The topological polar surface area (TPSA) is 42.0 Å². The average molecular weight is 288 g/mol. The molecule has 0 spiro atoms. The van der Waals surface area contributed by atoms with E-state index in [4.69, 9.17) is 0 Å². The highest BCUT2D eigenvalue weighted by molar-refractivity contribution is 7.14. The molecule has 2 rings (SSSR count). The van der Waals surface area contributed by atoms with E-state index in [9.17, 15) is 4.79 Å². The third kappa shape index (κ3) is 3.45. The van der Waals surface area contributed by atoms with Gasteiger partial charge in [0.15, 0.2) is 5.13 Å². The number of thiazole rings is 1. The molecule has 20 heavy (non-hydrogen) atoms. The fourth-order valence-corrected chi connectivity index (χ4v) is 2.37. The summed E-state index contributed by atoms with van der Waals surface area (Å²) in [7, 11) is 0. The van der Waals surface area contributed by atoms with Crippen LogP contribution in [-0.2, 0) is 11.2 Å². The van der Waals surface area contributed by atoms with Crippen molar-refractivity contribution in [2.24, 2.45) is 5.41 Å².